The zero-order valence-corrected chi connectivity index (χ0v) is 11.6. The van der Waals surface area contributed by atoms with Gasteiger partial charge in [0, 0.05) is 24.7 Å². The normalized spacial score (nSPS) is 12.1. The number of rotatable bonds is 8. The third-order valence-electron chi connectivity index (χ3n) is 2.85. The van der Waals surface area contributed by atoms with Crippen LogP contribution >= 0.6 is 0 Å². The molecule has 0 spiro atoms. The van der Waals surface area contributed by atoms with Crippen molar-refractivity contribution in [2.24, 2.45) is 5.73 Å². The van der Waals surface area contributed by atoms with E-state index in [4.69, 9.17) is 25.1 Å². The summed E-state index contributed by atoms with van der Waals surface area (Å²) in [5.41, 5.74) is 6.63. The largest absolute Gasteiger partial charge is 0.493 e. The lowest BCUT2D eigenvalue weighted by Gasteiger charge is -2.22. The van der Waals surface area contributed by atoms with Crippen molar-refractivity contribution in [3.8, 4) is 17.2 Å². The van der Waals surface area contributed by atoms with Gasteiger partial charge in [0.15, 0.2) is 11.5 Å². The molecule has 108 valence electrons. The van der Waals surface area contributed by atoms with Crippen LogP contribution in [0.15, 0.2) is 12.1 Å². The summed E-state index contributed by atoms with van der Waals surface area (Å²) in [6.45, 7) is 0.886. The number of methoxy groups -OCH3 is 3. The SMILES string of the molecule is COc1ccc(C(CN)NCCO)c(OC)c1OC. The number of aliphatic hydroxyl groups excluding tert-OH is 1. The molecule has 0 aliphatic carbocycles. The molecule has 0 aromatic heterocycles. The van der Waals surface area contributed by atoms with E-state index in [0.29, 0.717) is 30.3 Å². The van der Waals surface area contributed by atoms with E-state index >= 15 is 0 Å². The average Bonchev–Trinajstić information content (AvgIpc) is 2.46. The Morgan fingerprint density at radius 2 is 1.84 bits per heavy atom. The van der Waals surface area contributed by atoms with Gasteiger partial charge in [-0.25, -0.2) is 0 Å². The molecule has 1 unspecified atom stereocenters. The fourth-order valence-electron chi connectivity index (χ4n) is 1.96. The summed E-state index contributed by atoms with van der Waals surface area (Å²) < 4.78 is 16.0. The van der Waals surface area contributed by atoms with Crippen molar-refractivity contribution in [1.29, 1.82) is 0 Å². The van der Waals surface area contributed by atoms with E-state index in [9.17, 15) is 0 Å². The summed E-state index contributed by atoms with van der Waals surface area (Å²) in [5.74, 6) is 1.72. The molecule has 0 bridgehead atoms. The predicted molar refractivity (Wildman–Crippen MR) is 73.0 cm³/mol. The number of hydrogen-bond donors (Lipinski definition) is 3. The van der Waals surface area contributed by atoms with Crippen LogP contribution in [0.1, 0.15) is 11.6 Å². The van der Waals surface area contributed by atoms with Gasteiger partial charge in [-0.15, -0.1) is 0 Å². The first-order chi connectivity index (χ1) is 9.23. The third-order valence-corrected chi connectivity index (χ3v) is 2.85. The van der Waals surface area contributed by atoms with E-state index in [1.54, 1.807) is 27.4 Å². The Hall–Kier alpha value is -1.50. The molecule has 0 saturated carbocycles. The summed E-state index contributed by atoms with van der Waals surface area (Å²) >= 11 is 0. The van der Waals surface area contributed by atoms with Gasteiger partial charge < -0.3 is 30.4 Å². The molecule has 1 aromatic carbocycles. The van der Waals surface area contributed by atoms with Gasteiger partial charge in [-0.05, 0) is 12.1 Å². The van der Waals surface area contributed by atoms with E-state index < -0.39 is 0 Å². The summed E-state index contributed by atoms with van der Waals surface area (Å²) in [6.07, 6.45) is 0. The van der Waals surface area contributed by atoms with E-state index in [1.165, 1.54) is 0 Å². The van der Waals surface area contributed by atoms with Crippen LogP contribution in [0.3, 0.4) is 0 Å². The smallest absolute Gasteiger partial charge is 0.203 e. The molecule has 6 heteroatoms. The van der Waals surface area contributed by atoms with Gasteiger partial charge in [0.2, 0.25) is 5.75 Å². The fourth-order valence-corrected chi connectivity index (χ4v) is 1.96. The molecular weight excluding hydrogens is 248 g/mol. The monoisotopic (exact) mass is 270 g/mol. The molecule has 0 amide bonds. The third kappa shape index (κ3) is 3.50. The maximum atomic E-state index is 8.89. The second kappa shape index (κ2) is 7.83. The Morgan fingerprint density at radius 1 is 1.16 bits per heavy atom. The van der Waals surface area contributed by atoms with Crippen molar-refractivity contribution in [3.63, 3.8) is 0 Å². The molecule has 1 aromatic rings. The number of aliphatic hydroxyl groups is 1. The first-order valence-electron chi connectivity index (χ1n) is 6.06. The lowest BCUT2D eigenvalue weighted by Crippen LogP contribution is -2.30. The highest BCUT2D eigenvalue weighted by Crippen LogP contribution is 2.41. The van der Waals surface area contributed by atoms with Gasteiger partial charge in [-0.3, -0.25) is 0 Å². The summed E-state index contributed by atoms with van der Waals surface area (Å²) in [6, 6.07) is 3.56. The fraction of sp³-hybridized carbons (Fsp3) is 0.538. The molecule has 1 atom stereocenters. The molecule has 6 nitrogen and oxygen atoms in total. The van der Waals surface area contributed by atoms with E-state index in [0.717, 1.165) is 5.56 Å². The molecule has 0 radical (unpaired) electrons. The van der Waals surface area contributed by atoms with Crippen LogP contribution in [0.2, 0.25) is 0 Å². The quantitative estimate of drug-likeness (QED) is 0.629. The first-order valence-corrected chi connectivity index (χ1v) is 6.06. The molecule has 0 heterocycles. The van der Waals surface area contributed by atoms with Crippen LogP contribution in [0, 0.1) is 0 Å². The van der Waals surface area contributed by atoms with Crippen LogP contribution in [0.4, 0.5) is 0 Å². The Balaban J connectivity index is 3.18. The van der Waals surface area contributed by atoms with Crippen molar-refractivity contribution in [3.05, 3.63) is 17.7 Å². The lowest BCUT2D eigenvalue weighted by molar-refractivity contribution is 0.282. The molecular formula is C13H22N2O4. The van der Waals surface area contributed by atoms with Crippen LogP contribution < -0.4 is 25.3 Å². The number of nitrogens with one attached hydrogen (secondary N) is 1. The molecule has 0 aliphatic rings. The van der Waals surface area contributed by atoms with E-state index in [2.05, 4.69) is 5.32 Å². The molecule has 0 fully saturated rings. The average molecular weight is 270 g/mol. The van der Waals surface area contributed by atoms with Gasteiger partial charge in [-0.2, -0.15) is 0 Å². The second-order valence-corrected chi connectivity index (χ2v) is 3.89. The minimum Gasteiger partial charge on any atom is -0.493 e. The van der Waals surface area contributed by atoms with Crippen molar-refractivity contribution in [1.82, 2.24) is 5.32 Å². The van der Waals surface area contributed by atoms with Crippen LogP contribution in [0.5, 0.6) is 17.2 Å². The highest BCUT2D eigenvalue weighted by atomic mass is 16.5. The van der Waals surface area contributed by atoms with Crippen LogP contribution in [0.25, 0.3) is 0 Å². The van der Waals surface area contributed by atoms with Crippen LogP contribution in [-0.4, -0.2) is 46.1 Å². The van der Waals surface area contributed by atoms with E-state index in [1.807, 2.05) is 6.07 Å². The number of nitrogens with two attached hydrogens (primary N) is 1. The lowest BCUT2D eigenvalue weighted by atomic mass is 10.0. The minimum absolute atomic E-state index is 0.0477. The first kappa shape index (κ1) is 15.6. The highest BCUT2D eigenvalue weighted by Gasteiger charge is 2.20. The molecule has 1 rings (SSSR count). The molecule has 0 aliphatic heterocycles. The topological polar surface area (TPSA) is 86.0 Å². The minimum atomic E-state index is -0.123. The maximum Gasteiger partial charge on any atom is 0.203 e. The zero-order chi connectivity index (χ0) is 14.3. The van der Waals surface area contributed by atoms with Gasteiger partial charge in [0.05, 0.1) is 27.9 Å². The van der Waals surface area contributed by atoms with Crippen molar-refractivity contribution >= 4 is 0 Å². The summed E-state index contributed by atoms with van der Waals surface area (Å²) in [5, 5.41) is 12.0. The highest BCUT2D eigenvalue weighted by molar-refractivity contribution is 5.56. The Labute approximate surface area is 113 Å². The summed E-state index contributed by atoms with van der Waals surface area (Å²) in [7, 11) is 4.70. The Kier molecular flexibility index (Phi) is 6.41. The Morgan fingerprint density at radius 3 is 2.32 bits per heavy atom. The zero-order valence-electron chi connectivity index (χ0n) is 11.6. The number of ether oxygens (including phenoxy) is 3. The summed E-state index contributed by atoms with van der Waals surface area (Å²) in [4.78, 5) is 0. The molecule has 19 heavy (non-hydrogen) atoms. The van der Waals surface area contributed by atoms with Crippen molar-refractivity contribution in [2.75, 3.05) is 41.0 Å². The van der Waals surface area contributed by atoms with Crippen molar-refractivity contribution in [2.45, 2.75) is 6.04 Å². The Bertz CT molecular complexity index is 398. The standard InChI is InChI=1S/C13H22N2O4/c1-17-11-5-4-9(10(8-14)15-6-7-16)12(18-2)13(11)19-3/h4-5,10,15-16H,6-8,14H2,1-3H3. The maximum absolute atomic E-state index is 8.89. The number of benzene rings is 1. The van der Waals surface area contributed by atoms with Gasteiger partial charge in [-0.1, -0.05) is 0 Å². The molecule has 4 N–H and O–H groups in total. The predicted octanol–water partition coefficient (Wildman–Crippen LogP) is 0.294. The second-order valence-electron chi connectivity index (χ2n) is 3.89. The van der Waals surface area contributed by atoms with Crippen molar-refractivity contribution < 1.29 is 19.3 Å². The van der Waals surface area contributed by atoms with Gasteiger partial charge in [0.25, 0.3) is 0 Å². The van der Waals surface area contributed by atoms with Gasteiger partial charge >= 0.3 is 0 Å². The van der Waals surface area contributed by atoms with Crippen LogP contribution in [-0.2, 0) is 0 Å². The number of hydrogen-bond acceptors (Lipinski definition) is 6. The van der Waals surface area contributed by atoms with E-state index in [-0.39, 0.29) is 12.6 Å². The molecule has 0 saturated heterocycles. The van der Waals surface area contributed by atoms with Gasteiger partial charge in [0.1, 0.15) is 0 Å².